The predicted octanol–water partition coefficient (Wildman–Crippen LogP) is 6.46. The molecule has 0 saturated heterocycles. The number of hydrogen-bond donors (Lipinski definition) is 1. The van der Waals surface area contributed by atoms with Gasteiger partial charge in [-0.15, -0.1) is 0 Å². The summed E-state index contributed by atoms with van der Waals surface area (Å²) in [7, 11) is 0. The first-order valence-corrected chi connectivity index (χ1v) is 15.2. The predicted molar refractivity (Wildman–Crippen MR) is 174 cm³/mol. The Hall–Kier alpha value is -3.84. The summed E-state index contributed by atoms with van der Waals surface area (Å²) in [6.07, 6.45) is 1.63. The molecule has 2 aliphatic rings. The summed E-state index contributed by atoms with van der Waals surface area (Å²) in [5.41, 5.74) is 3.09. The van der Waals surface area contributed by atoms with Gasteiger partial charge in [0.2, 0.25) is 5.17 Å². The summed E-state index contributed by atoms with van der Waals surface area (Å²) in [5, 5.41) is 15.5. The fourth-order valence-electron chi connectivity index (χ4n) is 4.31. The largest absolute Gasteiger partial charge is 0.490 e. The van der Waals surface area contributed by atoms with Gasteiger partial charge in [-0.3, -0.25) is 10.2 Å². The highest BCUT2D eigenvalue weighted by Gasteiger charge is 2.36. The Morgan fingerprint density at radius 3 is 2.43 bits per heavy atom. The molecule has 0 aromatic heterocycles. The second-order valence-corrected chi connectivity index (χ2v) is 11.6. The first-order chi connectivity index (χ1) is 20.3. The van der Waals surface area contributed by atoms with Crippen molar-refractivity contribution in [2.75, 3.05) is 26.4 Å². The lowest BCUT2D eigenvalue weighted by molar-refractivity contribution is -0.114. The van der Waals surface area contributed by atoms with Gasteiger partial charge in [0.25, 0.3) is 5.91 Å². The van der Waals surface area contributed by atoms with Crippen molar-refractivity contribution in [3.05, 3.63) is 86.5 Å². The van der Waals surface area contributed by atoms with E-state index in [1.165, 1.54) is 16.8 Å². The summed E-state index contributed by atoms with van der Waals surface area (Å²) in [6, 6.07) is 19.1. The van der Waals surface area contributed by atoms with Gasteiger partial charge in [0.05, 0.1) is 15.8 Å². The minimum absolute atomic E-state index is 0.0518. The molecule has 9 nitrogen and oxygen atoms in total. The molecule has 3 aromatic carbocycles. The van der Waals surface area contributed by atoms with Crippen LogP contribution < -0.4 is 18.9 Å². The molecule has 1 N–H and O–H groups in total. The molecule has 0 bridgehead atoms. The van der Waals surface area contributed by atoms with Gasteiger partial charge in [-0.1, -0.05) is 24.3 Å². The Bertz CT molecular complexity index is 1590. The summed E-state index contributed by atoms with van der Waals surface area (Å²) < 4.78 is 24.4. The molecule has 0 radical (unpaired) electrons. The lowest BCUT2D eigenvalue weighted by Gasteiger charge is -2.20. The van der Waals surface area contributed by atoms with Gasteiger partial charge in [0, 0.05) is 0 Å². The number of amidine groups is 2. The monoisotopic (exact) mass is 696 g/mol. The number of amides is 1. The molecule has 0 spiro atoms. The van der Waals surface area contributed by atoms with Crippen LogP contribution in [0.1, 0.15) is 23.6 Å². The number of nitrogens with zero attached hydrogens (tertiary/aromatic N) is 3. The third kappa shape index (κ3) is 7.13. The Kier molecular flexibility index (Phi) is 9.48. The average Bonchev–Trinajstić information content (AvgIpc) is 3.36. The van der Waals surface area contributed by atoms with E-state index in [1.807, 2.05) is 69.3 Å². The van der Waals surface area contributed by atoms with Crippen LogP contribution in [0, 0.1) is 22.8 Å². The van der Waals surface area contributed by atoms with Crippen molar-refractivity contribution in [2.45, 2.75) is 20.8 Å². The highest BCUT2D eigenvalue weighted by molar-refractivity contribution is 14.1. The van der Waals surface area contributed by atoms with Crippen molar-refractivity contribution in [1.82, 2.24) is 5.01 Å². The van der Waals surface area contributed by atoms with E-state index in [-0.39, 0.29) is 18.0 Å². The van der Waals surface area contributed by atoms with Gasteiger partial charge >= 0.3 is 0 Å². The lowest BCUT2D eigenvalue weighted by atomic mass is 10.1. The summed E-state index contributed by atoms with van der Waals surface area (Å²) in [5.74, 6) is 2.09. The smallest absolute Gasteiger partial charge is 0.283 e. The number of thioether (sulfide) groups is 1. The van der Waals surface area contributed by atoms with E-state index in [0.29, 0.717) is 52.8 Å². The van der Waals surface area contributed by atoms with Crippen LogP contribution in [-0.2, 0) is 4.79 Å². The maximum atomic E-state index is 12.9. The zero-order valence-corrected chi connectivity index (χ0v) is 26.3. The van der Waals surface area contributed by atoms with E-state index >= 15 is 0 Å². The molecule has 2 aliphatic heterocycles. The third-order valence-corrected chi connectivity index (χ3v) is 7.72. The van der Waals surface area contributed by atoms with Gasteiger partial charge in [0.15, 0.2) is 17.3 Å². The molecule has 1 amide bonds. The number of fused-ring (bicyclic) bond motifs is 1. The van der Waals surface area contributed by atoms with Crippen LogP contribution >= 0.6 is 34.4 Å². The molecular weight excluding hydrogens is 667 g/mol. The van der Waals surface area contributed by atoms with Crippen molar-refractivity contribution in [2.24, 2.45) is 10.1 Å². The van der Waals surface area contributed by atoms with Crippen LogP contribution in [0.2, 0.25) is 0 Å². The Balaban J connectivity index is 1.28. The Labute approximate surface area is 262 Å². The van der Waals surface area contributed by atoms with Crippen molar-refractivity contribution < 1.29 is 23.7 Å². The number of aryl methyl sites for hydroxylation is 2. The number of halogens is 1. The Morgan fingerprint density at radius 1 is 0.952 bits per heavy atom. The molecule has 216 valence electrons. The van der Waals surface area contributed by atoms with E-state index in [2.05, 4.69) is 38.8 Å². The topological polar surface area (TPSA) is 106 Å². The number of rotatable bonds is 11. The van der Waals surface area contributed by atoms with Crippen LogP contribution in [0.25, 0.3) is 6.08 Å². The SMILES string of the molecule is CCOc1cc(/C=C2/C(=N)N3N=C(COc4ccccc4)SC3=NC2=O)cc(I)c1OCCOc1cc(C)cc(C)c1. The first-order valence-electron chi connectivity index (χ1n) is 13.3. The van der Waals surface area contributed by atoms with Crippen LogP contribution in [0.5, 0.6) is 23.0 Å². The van der Waals surface area contributed by atoms with E-state index in [1.54, 1.807) is 12.1 Å². The molecule has 5 rings (SSSR count). The fourth-order valence-corrected chi connectivity index (χ4v) is 5.89. The van der Waals surface area contributed by atoms with Crippen LogP contribution in [0.15, 0.2) is 76.3 Å². The molecule has 0 aliphatic carbocycles. The number of para-hydroxylation sites is 1. The van der Waals surface area contributed by atoms with E-state index < -0.39 is 5.91 Å². The number of benzene rings is 3. The minimum Gasteiger partial charge on any atom is -0.490 e. The molecule has 11 heteroatoms. The van der Waals surface area contributed by atoms with Crippen LogP contribution in [0.4, 0.5) is 0 Å². The second kappa shape index (κ2) is 13.4. The number of hydrazone groups is 1. The molecule has 3 aromatic rings. The first kappa shape index (κ1) is 29.6. The normalized spacial score (nSPS) is 15.3. The summed E-state index contributed by atoms with van der Waals surface area (Å²) in [4.78, 5) is 17.1. The average molecular weight is 697 g/mol. The van der Waals surface area contributed by atoms with Crippen LogP contribution in [-0.4, -0.2) is 53.4 Å². The Morgan fingerprint density at radius 2 is 1.69 bits per heavy atom. The third-order valence-electron chi connectivity index (χ3n) is 6.04. The molecule has 0 atom stereocenters. The fraction of sp³-hybridized carbons (Fsp3) is 0.226. The number of carbonyl (C=O) groups is 1. The summed E-state index contributed by atoms with van der Waals surface area (Å²) >= 11 is 3.39. The summed E-state index contributed by atoms with van der Waals surface area (Å²) in [6.45, 7) is 7.30. The maximum absolute atomic E-state index is 12.9. The van der Waals surface area contributed by atoms with Gasteiger partial charge in [-0.25, -0.2) is 0 Å². The molecule has 0 fully saturated rings. The van der Waals surface area contributed by atoms with Gasteiger partial charge in [-0.2, -0.15) is 15.1 Å². The molecule has 0 saturated carbocycles. The number of hydrogen-bond acceptors (Lipinski definition) is 8. The number of aliphatic imine (C=N–C) groups is 1. The quantitative estimate of drug-likeness (QED) is 0.139. The lowest BCUT2D eigenvalue weighted by Crippen LogP contribution is -2.35. The second-order valence-electron chi connectivity index (χ2n) is 9.40. The van der Waals surface area contributed by atoms with E-state index in [4.69, 9.17) is 24.4 Å². The van der Waals surface area contributed by atoms with Gasteiger partial charge in [-0.05, 0) is 114 Å². The highest BCUT2D eigenvalue weighted by Crippen LogP contribution is 2.36. The van der Waals surface area contributed by atoms with Crippen molar-refractivity contribution in [3.8, 4) is 23.0 Å². The molecular formula is C31H29IN4O5S. The molecule has 42 heavy (non-hydrogen) atoms. The van der Waals surface area contributed by atoms with E-state index in [9.17, 15) is 4.79 Å². The zero-order chi connectivity index (χ0) is 29.6. The number of carbonyl (C=O) groups excluding carboxylic acids is 1. The van der Waals surface area contributed by atoms with Gasteiger partial charge in [0.1, 0.15) is 36.4 Å². The van der Waals surface area contributed by atoms with Crippen molar-refractivity contribution >= 4 is 62.4 Å². The standard InChI is InChI=1S/C31H29IN4O5S/c1-4-38-26-17-21(16-25(32)28(26)40-11-10-39-23-13-19(2)12-20(3)14-23)15-24-29(33)36-31(34-30(24)37)42-27(35-36)18-41-22-8-6-5-7-9-22/h5-9,12-17,33H,4,10-11,18H2,1-3H3/b24-15-,33-29?. The highest BCUT2D eigenvalue weighted by atomic mass is 127. The van der Waals surface area contributed by atoms with Crippen LogP contribution in [0.3, 0.4) is 0 Å². The van der Waals surface area contributed by atoms with Crippen molar-refractivity contribution in [1.29, 1.82) is 5.41 Å². The number of ether oxygens (including phenoxy) is 4. The van der Waals surface area contributed by atoms with E-state index in [0.717, 1.165) is 20.4 Å². The minimum atomic E-state index is -0.504. The zero-order valence-electron chi connectivity index (χ0n) is 23.3. The van der Waals surface area contributed by atoms with Crippen molar-refractivity contribution in [3.63, 3.8) is 0 Å². The molecule has 2 heterocycles. The molecule has 0 unspecified atom stereocenters. The van der Waals surface area contributed by atoms with Gasteiger partial charge < -0.3 is 18.9 Å². The number of nitrogens with one attached hydrogen (secondary N) is 1. The maximum Gasteiger partial charge on any atom is 0.283 e.